The molecular formula is C18H24N2O3S2. The SMILES string of the molecule is CC(C)Cc1sc(-c2cscn2)nc1C(=O)CCCCCC(=O)CO. The Balaban J connectivity index is 1.98. The summed E-state index contributed by atoms with van der Waals surface area (Å²) in [5.74, 6) is 0.389. The summed E-state index contributed by atoms with van der Waals surface area (Å²) in [5.41, 5.74) is 3.20. The van der Waals surface area contributed by atoms with Crippen LogP contribution < -0.4 is 0 Å². The van der Waals surface area contributed by atoms with E-state index in [0.29, 0.717) is 30.9 Å². The number of carbonyl (C=O) groups excluding carboxylic acids is 2. The van der Waals surface area contributed by atoms with Gasteiger partial charge in [0.2, 0.25) is 0 Å². The van der Waals surface area contributed by atoms with Gasteiger partial charge in [0, 0.05) is 23.1 Å². The zero-order chi connectivity index (χ0) is 18.2. The molecule has 0 bridgehead atoms. The van der Waals surface area contributed by atoms with E-state index in [1.54, 1.807) is 16.8 Å². The highest BCUT2D eigenvalue weighted by Gasteiger charge is 2.20. The second kappa shape index (κ2) is 9.89. The molecule has 0 saturated heterocycles. The molecule has 2 rings (SSSR count). The number of aliphatic hydroxyl groups excluding tert-OH is 1. The maximum absolute atomic E-state index is 12.6. The van der Waals surface area contributed by atoms with Gasteiger partial charge in [-0.3, -0.25) is 9.59 Å². The van der Waals surface area contributed by atoms with E-state index in [0.717, 1.165) is 34.8 Å². The first kappa shape index (κ1) is 19.9. The topological polar surface area (TPSA) is 80.2 Å². The van der Waals surface area contributed by atoms with Crippen molar-refractivity contribution in [1.82, 2.24) is 9.97 Å². The van der Waals surface area contributed by atoms with E-state index < -0.39 is 6.61 Å². The molecule has 0 aromatic carbocycles. The Hall–Kier alpha value is -1.44. The molecule has 7 heteroatoms. The van der Waals surface area contributed by atoms with Gasteiger partial charge in [-0.15, -0.1) is 22.7 Å². The van der Waals surface area contributed by atoms with Crippen LogP contribution in [0.5, 0.6) is 0 Å². The number of rotatable bonds is 11. The van der Waals surface area contributed by atoms with Gasteiger partial charge in [-0.25, -0.2) is 9.97 Å². The quantitative estimate of drug-likeness (QED) is 0.468. The summed E-state index contributed by atoms with van der Waals surface area (Å²) in [7, 11) is 0. The van der Waals surface area contributed by atoms with Crippen LogP contribution in [-0.4, -0.2) is 33.2 Å². The van der Waals surface area contributed by atoms with E-state index in [1.165, 1.54) is 11.3 Å². The third kappa shape index (κ3) is 6.09. The number of unbranched alkanes of at least 4 members (excludes halogenated alkanes) is 2. The van der Waals surface area contributed by atoms with E-state index >= 15 is 0 Å². The van der Waals surface area contributed by atoms with Crippen LogP contribution >= 0.6 is 22.7 Å². The molecule has 0 radical (unpaired) electrons. The molecule has 136 valence electrons. The zero-order valence-electron chi connectivity index (χ0n) is 14.7. The van der Waals surface area contributed by atoms with Gasteiger partial charge in [-0.2, -0.15) is 0 Å². The number of carbonyl (C=O) groups is 2. The molecule has 0 aliphatic rings. The molecule has 0 amide bonds. The van der Waals surface area contributed by atoms with Gasteiger partial charge in [-0.1, -0.05) is 20.3 Å². The van der Waals surface area contributed by atoms with Gasteiger partial charge in [0.25, 0.3) is 0 Å². The summed E-state index contributed by atoms with van der Waals surface area (Å²) in [6.45, 7) is 3.87. The summed E-state index contributed by atoms with van der Waals surface area (Å²) < 4.78 is 0. The fourth-order valence-corrected chi connectivity index (χ4v) is 4.36. The van der Waals surface area contributed by atoms with E-state index in [4.69, 9.17) is 5.11 Å². The first-order chi connectivity index (χ1) is 12.0. The number of Topliss-reactive ketones (excluding diaryl/α,β-unsaturated/α-hetero) is 2. The van der Waals surface area contributed by atoms with Gasteiger partial charge in [0.15, 0.2) is 11.6 Å². The number of hydrogen-bond donors (Lipinski definition) is 1. The standard InChI is InChI=1S/C18H24N2O3S2/c1-12(2)8-16-17(20-18(25-16)14-10-24-11-19-14)15(23)7-5-3-4-6-13(22)9-21/h10-12,21H,3-9H2,1-2H3. The number of nitrogens with zero attached hydrogens (tertiary/aromatic N) is 2. The van der Waals surface area contributed by atoms with Gasteiger partial charge < -0.3 is 5.11 Å². The molecule has 1 N–H and O–H groups in total. The lowest BCUT2D eigenvalue weighted by Crippen LogP contribution is -2.06. The zero-order valence-corrected chi connectivity index (χ0v) is 16.3. The second-order valence-electron chi connectivity index (χ2n) is 6.44. The van der Waals surface area contributed by atoms with Gasteiger partial charge in [0.1, 0.15) is 23.0 Å². The highest BCUT2D eigenvalue weighted by atomic mass is 32.1. The summed E-state index contributed by atoms with van der Waals surface area (Å²) in [5, 5.41) is 11.5. The number of aromatic nitrogens is 2. The first-order valence-corrected chi connectivity index (χ1v) is 10.3. The van der Waals surface area contributed by atoms with E-state index in [1.807, 2.05) is 5.38 Å². The largest absolute Gasteiger partial charge is 0.389 e. The van der Waals surface area contributed by atoms with E-state index in [9.17, 15) is 9.59 Å². The number of thiazole rings is 2. The van der Waals surface area contributed by atoms with Crippen LogP contribution in [0.1, 0.15) is 61.3 Å². The third-order valence-corrected chi connectivity index (χ3v) is 5.43. The van der Waals surface area contributed by atoms with Crippen LogP contribution in [-0.2, 0) is 11.2 Å². The minimum absolute atomic E-state index is 0.0712. The van der Waals surface area contributed by atoms with Crippen molar-refractivity contribution in [2.24, 2.45) is 5.92 Å². The van der Waals surface area contributed by atoms with Crippen LogP contribution in [0.4, 0.5) is 0 Å². The number of aliphatic hydroxyl groups is 1. The Morgan fingerprint density at radius 3 is 2.60 bits per heavy atom. The van der Waals surface area contributed by atoms with Crippen molar-refractivity contribution in [2.45, 2.75) is 52.4 Å². The number of ketones is 2. The minimum Gasteiger partial charge on any atom is -0.389 e. The van der Waals surface area contributed by atoms with Crippen molar-refractivity contribution in [3.8, 4) is 10.7 Å². The predicted octanol–water partition coefficient (Wildman–Crippen LogP) is 4.16. The van der Waals surface area contributed by atoms with Crippen molar-refractivity contribution >= 4 is 34.2 Å². The Morgan fingerprint density at radius 1 is 1.20 bits per heavy atom. The van der Waals surface area contributed by atoms with Crippen LogP contribution in [0.25, 0.3) is 10.7 Å². The fourth-order valence-electron chi connectivity index (χ4n) is 2.49. The van der Waals surface area contributed by atoms with Gasteiger partial charge >= 0.3 is 0 Å². The first-order valence-electron chi connectivity index (χ1n) is 8.55. The van der Waals surface area contributed by atoms with Crippen LogP contribution in [0.15, 0.2) is 10.9 Å². The van der Waals surface area contributed by atoms with Crippen LogP contribution in [0, 0.1) is 5.92 Å². The maximum Gasteiger partial charge on any atom is 0.182 e. The van der Waals surface area contributed by atoms with E-state index in [2.05, 4.69) is 23.8 Å². The summed E-state index contributed by atoms with van der Waals surface area (Å²) in [6, 6.07) is 0. The Bertz CT molecular complexity index is 693. The number of hydrogen-bond acceptors (Lipinski definition) is 7. The molecule has 5 nitrogen and oxygen atoms in total. The lowest BCUT2D eigenvalue weighted by molar-refractivity contribution is -0.121. The molecule has 0 fully saturated rings. The molecule has 0 atom stereocenters. The smallest absolute Gasteiger partial charge is 0.182 e. The molecule has 0 saturated carbocycles. The Kier molecular flexibility index (Phi) is 7.87. The predicted molar refractivity (Wildman–Crippen MR) is 101 cm³/mol. The molecule has 0 aliphatic carbocycles. The molecule has 2 aromatic heterocycles. The molecule has 0 unspecified atom stereocenters. The molecule has 2 aromatic rings. The third-order valence-electron chi connectivity index (χ3n) is 3.74. The molecule has 0 spiro atoms. The van der Waals surface area contributed by atoms with Crippen molar-refractivity contribution in [1.29, 1.82) is 0 Å². The highest BCUT2D eigenvalue weighted by molar-refractivity contribution is 7.15. The molecule has 0 aliphatic heterocycles. The summed E-state index contributed by atoms with van der Waals surface area (Å²) >= 11 is 3.08. The lowest BCUT2D eigenvalue weighted by Gasteiger charge is -2.04. The minimum atomic E-state index is -0.393. The van der Waals surface area contributed by atoms with Crippen molar-refractivity contribution in [3.05, 3.63) is 21.5 Å². The molecule has 25 heavy (non-hydrogen) atoms. The highest BCUT2D eigenvalue weighted by Crippen LogP contribution is 2.30. The van der Waals surface area contributed by atoms with Crippen LogP contribution in [0.3, 0.4) is 0 Å². The van der Waals surface area contributed by atoms with Crippen molar-refractivity contribution in [3.63, 3.8) is 0 Å². The Morgan fingerprint density at radius 2 is 1.96 bits per heavy atom. The molecule has 2 heterocycles. The monoisotopic (exact) mass is 380 g/mol. The van der Waals surface area contributed by atoms with Gasteiger partial charge in [0.05, 0.1) is 5.51 Å². The average Bonchev–Trinajstić information content (AvgIpc) is 3.23. The fraction of sp³-hybridized carbons (Fsp3) is 0.556. The Labute approximate surface area is 156 Å². The van der Waals surface area contributed by atoms with E-state index in [-0.39, 0.29) is 11.6 Å². The lowest BCUT2D eigenvalue weighted by atomic mass is 10.0. The van der Waals surface area contributed by atoms with Crippen molar-refractivity contribution < 1.29 is 14.7 Å². The normalized spacial score (nSPS) is 11.2. The summed E-state index contributed by atoms with van der Waals surface area (Å²) in [4.78, 5) is 33.6. The van der Waals surface area contributed by atoms with Gasteiger partial charge in [-0.05, 0) is 25.2 Å². The van der Waals surface area contributed by atoms with Crippen molar-refractivity contribution in [2.75, 3.05) is 6.61 Å². The second-order valence-corrected chi connectivity index (χ2v) is 8.25. The van der Waals surface area contributed by atoms with Crippen LogP contribution in [0.2, 0.25) is 0 Å². The molecular weight excluding hydrogens is 356 g/mol. The average molecular weight is 381 g/mol. The maximum atomic E-state index is 12.6. The summed E-state index contributed by atoms with van der Waals surface area (Å²) in [6.07, 6.45) is 3.93.